The Labute approximate surface area is 67.7 Å². The fraction of sp³-hybridized carbons (Fsp3) is 0.600. The van der Waals surface area contributed by atoms with Gasteiger partial charge in [0.05, 0.1) is 6.54 Å². The van der Waals surface area contributed by atoms with Crippen molar-refractivity contribution >= 4 is 6.09 Å². The molecule has 12 heavy (non-hydrogen) atoms. The third-order valence-electron chi connectivity index (χ3n) is 1.51. The molecule has 1 amide bonds. The normalized spacial score (nSPS) is 22.0. The maximum Gasteiger partial charge on any atom is 0.407 e. The smallest absolute Gasteiger partial charge is 0.407 e. The standard InChI is InChI=1S/C5H7N5O2/c11-5-6-1-4(12-5)2-10-8-3-7-9-10/h3-4H,1-2H2,(H,6,11). The molecular formula is C5H7N5O2. The Morgan fingerprint density at radius 2 is 2.75 bits per heavy atom. The number of hydrogen-bond donors (Lipinski definition) is 1. The van der Waals surface area contributed by atoms with Crippen LogP contribution in [0.5, 0.6) is 0 Å². The molecule has 64 valence electrons. The second kappa shape index (κ2) is 2.76. The molecule has 1 fully saturated rings. The molecule has 0 aliphatic carbocycles. The van der Waals surface area contributed by atoms with Crippen LogP contribution in [0, 0.1) is 0 Å². The van der Waals surface area contributed by atoms with Crippen LogP contribution in [0.4, 0.5) is 4.79 Å². The van der Waals surface area contributed by atoms with E-state index in [1.54, 1.807) is 0 Å². The molecule has 0 bridgehead atoms. The fourth-order valence-corrected chi connectivity index (χ4v) is 0.988. The molecule has 2 heterocycles. The fourth-order valence-electron chi connectivity index (χ4n) is 0.988. The Bertz CT molecular complexity index is 271. The second-order valence-electron chi connectivity index (χ2n) is 2.40. The van der Waals surface area contributed by atoms with Crippen LogP contribution in [-0.4, -0.2) is 38.9 Å². The van der Waals surface area contributed by atoms with Crippen LogP contribution >= 0.6 is 0 Å². The third kappa shape index (κ3) is 1.34. The van der Waals surface area contributed by atoms with Gasteiger partial charge in [-0.05, 0) is 5.21 Å². The Balaban J connectivity index is 1.92. The number of cyclic esters (lactones) is 1. The van der Waals surface area contributed by atoms with Crippen LogP contribution < -0.4 is 5.32 Å². The molecule has 1 aliphatic heterocycles. The quantitative estimate of drug-likeness (QED) is 0.600. The molecule has 1 unspecified atom stereocenters. The first kappa shape index (κ1) is 7.01. The van der Waals surface area contributed by atoms with Gasteiger partial charge in [0.1, 0.15) is 12.6 Å². The van der Waals surface area contributed by atoms with Gasteiger partial charge < -0.3 is 10.1 Å². The number of carbonyl (C=O) groups excluding carboxylic acids is 1. The van der Waals surface area contributed by atoms with Crippen LogP contribution in [-0.2, 0) is 11.3 Å². The van der Waals surface area contributed by atoms with Crippen molar-refractivity contribution in [2.24, 2.45) is 0 Å². The Morgan fingerprint density at radius 3 is 3.33 bits per heavy atom. The van der Waals surface area contributed by atoms with Crippen molar-refractivity contribution in [3.63, 3.8) is 0 Å². The molecule has 1 aliphatic rings. The highest BCUT2D eigenvalue weighted by molar-refractivity contribution is 5.69. The summed E-state index contributed by atoms with van der Waals surface area (Å²) < 4.78 is 4.86. The molecule has 7 heteroatoms. The summed E-state index contributed by atoms with van der Waals surface area (Å²) in [6, 6.07) is 0. The molecule has 1 aromatic heterocycles. The van der Waals surface area contributed by atoms with Gasteiger partial charge in [0.25, 0.3) is 0 Å². The number of carbonyl (C=O) groups is 1. The molecule has 2 rings (SSSR count). The zero-order valence-corrected chi connectivity index (χ0v) is 6.17. The van der Waals surface area contributed by atoms with Crippen LogP contribution in [0.15, 0.2) is 6.33 Å². The van der Waals surface area contributed by atoms with E-state index in [0.717, 1.165) is 0 Å². The highest BCUT2D eigenvalue weighted by atomic mass is 16.6. The number of alkyl carbamates (subject to hydrolysis) is 1. The van der Waals surface area contributed by atoms with Gasteiger partial charge in [-0.3, -0.25) is 0 Å². The van der Waals surface area contributed by atoms with E-state index < -0.39 is 0 Å². The van der Waals surface area contributed by atoms with Gasteiger partial charge in [0.15, 0.2) is 6.33 Å². The number of tetrazole rings is 1. The van der Waals surface area contributed by atoms with Crippen molar-refractivity contribution in [3.05, 3.63) is 6.33 Å². The van der Waals surface area contributed by atoms with Gasteiger partial charge in [-0.25, -0.2) is 4.79 Å². The predicted molar refractivity (Wildman–Crippen MR) is 36.1 cm³/mol. The minimum Gasteiger partial charge on any atom is -0.442 e. The number of rotatable bonds is 2. The van der Waals surface area contributed by atoms with E-state index in [9.17, 15) is 4.79 Å². The van der Waals surface area contributed by atoms with E-state index >= 15 is 0 Å². The third-order valence-corrected chi connectivity index (χ3v) is 1.51. The Kier molecular flexibility index (Phi) is 1.61. The Hall–Kier alpha value is -1.66. The average Bonchev–Trinajstić information content (AvgIpc) is 2.63. The maximum atomic E-state index is 10.6. The van der Waals surface area contributed by atoms with Gasteiger partial charge in [0.2, 0.25) is 0 Å². The lowest BCUT2D eigenvalue weighted by Crippen LogP contribution is -2.22. The van der Waals surface area contributed by atoms with E-state index in [1.165, 1.54) is 11.1 Å². The largest absolute Gasteiger partial charge is 0.442 e. The topological polar surface area (TPSA) is 81.9 Å². The van der Waals surface area contributed by atoms with Crippen LogP contribution in [0.3, 0.4) is 0 Å². The first-order chi connectivity index (χ1) is 5.84. The van der Waals surface area contributed by atoms with Crippen molar-refractivity contribution in [3.8, 4) is 0 Å². The van der Waals surface area contributed by atoms with Crippen LogP contribution in [0.2, 0.25) is 0 Å². The maximum absolute atomic E-state index is 10.6. The number of hydrogen-bond acceptors (Lipinski definition) is 5. The van der Waals surface area contributed by atoms with Crippen LogP contribution in [0.25, 0.3) is 0 Å². The number of aromatic nitrogens is 4. The lowest BCUT2D eigenvalue weighted by Gasteiger charge is -2.04. The molecule has 0 aromatic carbocycles. The van der Waals surface area contributed by atoms with E-state index in [4.69, 9.17) is 4.74 Å². The van der Waals surface area contributed by atoms with Crippen molar-refractivity contribution in [2.45, 2.75) is 12.6 Å². The van der Waals surface area contributed by atoms with Gasteiger partial charge in [0, 0.05) is 0 Å². The highest BCUT2D eigenvalue weighted by Gasteiger charge is 2.23. The summed E-state index contributed by atoms with van der Waals surface area (Å²) in [6.45, 7) is 0.944. The van der Waals surface area contributed by atoms with E-state index in [1.807, 2.05) is 0 Å². The molecular weight excluding hydrogens is 162 g/mol. The highest BCUT2D eigenvalue weighted by Crippen LogP contribution is 2.00. The monoisotopic (exact) mass is 169 g/mol. The Morgan fingerprint density at radius 1 is 1.83 bits per heavy atom. The zero-order chi connectivity index (χ0) is 8.39. The average molecular weight is 169 g/mol. The molecule has 7 nitrogen and oxygen atoms in total. The van der Waals surface area contributed by atoms with Crippen molar-refractivity contribution in [2.75, 3.05) is 6.54 Å². The summed E-state index contributed by atoms with van der Waals surface area (Å²) >= 11 is 0. The van der Waals surface area contributed by atoms with Gasteiger partial charge in [-0.15, -0.1) is 10.2 Å². The van der Waals surface area contributed by atoms with Crippen molar-refractivity contribution in [1.82, 2.24) is 25.5 Å². The van der Waals surface area contributed by atoms with Crippen molar-refractivity contribution < 1.29 is 9.53 Å². The molecule has 0 spiro atoms. The first-order valence-electron chi connectivity index (χ1n) is 3.50. The molecule has 0 radical (unpaired) electrons. The summed E-state index contributed by atoms with van der Waals surface area (Å²) in [5.41, 5.74) is 0. The lowest BCUT2D eigenvalue weighted by atomic mass is 10.4. The van der Waals surface area contributed by atoms with Crippen LogP contribution in [0.1, 0.15) is 0 Å². The molecule has 0 saturated carbocycles. The SMILES string of the molecule is O=C1NCC(Cn2ncnn2)O1. The molecule has 1 saturated heterocycles. The molecule has 1 atom stereocenters. The summed E-state index contributed by atoms with van der Waals surface area (Å²) in [4.78, 5) is 12.0. The lowest BCUT2D eigenvalue weighted by molar-refractivity contribution is 0.125. The van der Waals surface area contributed by atoms with Gasteiger partial charge in [-0.2, -0.15) is 4.80 Å². The summed E-state index contributed by atoms with van der Waals surface area (Å²) in [7, 11) is 0. The van der Waals surface area contributed by atoms with Gasteiger partial charge in [-0.1, -0.05) is 0 Å². The number of nitrogens with zero attached hydrogens (tertiary/aromatic N) is 4. The molecule has 1 aromatic rings. The number of amides is 1. The zero-order valence-electron chi connectivity index (χ0n) is 6.17. The minimum absolute atomic E-state index is 0.188. The predicted octanol–water partition coefficient (Wildman–Crippen LogP) is -1.22. The first-order valence-corrected chi connectivity index (χ1v) is 3.50. The van der Waals surface area contributed by atoms with E-state index in [2.05, 4.69) is 20.7 Å². The molecule has 1 N–H and O–H groups in total. The number of nitrogens with one attached hydrogen (secondary N) is 1. The van der Waals surface area contributed by atoms with Crippen molar-refractivity contribution in [1.29, 1.82) is 0 Å². The summed E-state index contributed by atoms with van der Waals surface area (Å²) in [6.07, 6.45) is 0.760. The minimum atomic E-state index is -0.389. The number of ether oxygens (including phenoxy) is 1. The summed E-state index contributed by atoms with van der Waals surface area (Å²) in [5, 5.41) is 13.5. The second-order valence-corrected chi connectivity index (χ2v) is 2.40. The van der Waals surface area contributed by atoms with Gasteiger partial charge >= 0.3 is 6.09 Å². The van der Waals surface area contributed by atoms with E-state index in [-0.39, 0.29) is 12.2 Å². The summed E-state index contributed by atoms with van der Waals surface area (Å²) in [5.74, 6) is 0. The van der Waals surface area contributed by atoms with E-state index in [0.29, 0.717) is 13.1 Å².